The Balaban J connectivity index is 0.000000228. The Labute approximate surface area is 238 Å². The fourth-order valence-electron chi connectivity index (χ4n) is 3.58. The number of aromatic nitrogens is 2. The molecule has 0 amide bonds. The number of thiophene rings is 1. The normalized spacial score (nSPS) is 14.9. The molecule has 0 saturated heterocycles. The Morgan fingerprint density at radius 3 is 2.08 bits per heavy atom. The molecule has 1 aliphatic rings. The van der Waals surface area contributed by atoms with Crippen LogP contribution in [0.3, 0.4) is 0 Å². The maximum atomic E-state index is 11.3. The lowest BCUT2D eigenvalue weighted by atomic mass is 10.2. The molecule has 2 heterocycles. The van der Waals surface area contributed by atoms with E-state index in [4.69, 9.17) is 19.0 Å². The third-order valence-corrected chi connectivity index (χ3v) is 9.54. The average molecular weight is 577 g/mol. The fraction of sp³-hybridized carbons (Fsp3) is 0.567. The van der Waals surface area contributed by atoms with Gasteiger partial charge >= 0.3 is 5.97 Å². The molecule has 0 N–H and O–H groups in total. The summed E-state index contributed by atoms with van der Waals surface area (Å²) in [6.45, 7) is 15.7. The van der Waals surface area contributed by atoms with E-state index in [1.54, 1.807) is 18.0 Å². The number of nitrogens with zero attached hydrogens (tertiary/aromatic N) is 2. The molecule has 0 bridgehead atoms. The molecule has 216 valence electrons. The number of ether oxygens (including phenoxy) is 2. The third-order valence-electron chi connectivity index (χ3n) is 6.02. The van der Waals surface area contributed by atoms with Crippen molar-refractivity contribution in [3.63, 3.8) is 0 Å². The van der Waals surface area contributed by atoms with Gasteiger partial charge in [0.15, 0.2) is 0 Å². The zero-order valence-electron chi connectivity index (χ0n) is 24.7. The van der Waals surface area contributed by atoms with Gasteiger partial charge in [-0.3, -0.25) is 9.36 Å². The lowest BCUT2D eigenvalue weighted by Crippen LogP contribution is -2.18. The highest BCUT2D eigenvalue weighted by Gasteiger charge is 2.21. The van der Waals surface area contributed by atoms with Gasteiger partial charge in [0.1, 0.15) is 11.8 Å². The smallest absolute Gasteiger partial charge is 0.308 e. The second kappa shape index (κ2) is 16.1. The van der Waals surface area contributed by atoms with Crippen molar-refractivity contribution in [3.05, 3.63) is 41.8 Å². The van der Waals surface area contributed by atoms with Crippen LogP contribution in [0.15, 0.2) is 41.8 Å². The van der Waals surface area contributed by atoms with E-state index in [0.717, 1.165) is 34.4 Å². The number of para-hydroxylation sites is 2. The summed E-state index contributed by atoms with van der Waals surface area (Å²) in [5, 5.41) is 2.03. The number of benzene rings is 1. The van der Waals surface area contributed by atoms with Crippen LogP contribution in [0, 0.1) is 5.92 Å². The van der Waals surface area contributed by atoms with Gasteiger partial charge in [-0.1, -0.05) is 45.9 Å². The van der Waals surface area contributed by atoms with Gasteiger partial charge in [0.25, 0.3) is 0 Å². The monoisotopic (exact) mass is 576 g/mol. The summed E-state index contributed by atoms with van der Waals surface area (Å²) in [7, 11) is -2.26. The van der Waals surface area contributed by atoms with Gasteiger partial charge in [0.05, 0.1) is 34.5 Å². The second-order valence-corrected chi connectivity index (χ2v) is 14.5. The minimum Gasteiger partial charge on any atom is -0.473 e. The van der Waals surface area contributed by atoms with Crippen molar-refractivity contribution >= 4 is 35.7 Å². The van der Waals surface area contributed by atoms with Crippen LogP contribution in [-0.2, 0) is 18.6 Å². The molecule has 1 fully saturated rings. The number of esters is 1. The highest BCUT2D eigenvalue weighted by Crippen LogP contribution is 2.47. The van der Waals surface area contributed by atoms with E-state index in [1.807, 2.05) is 90.2 Å². The quantitative estimate of drug-likeness (QED) is 0.196. The van der Waals surface area contributed by atoms with E-state index in [9.17, 15) is 9.36 Å². The number of hydrogen-bond acceptors (Lipinski definition) is 8. The summed E-state index contributed by atoms with van der Waals surface area (Å²) in [5.74, 6) is 0.587. The van der Waals surface area contributed by atoms with Crippen molar-refractivity contribution in [2.75, 3.05) is 13.3 Å². The van der Waals surface area contributed by atoms with Crippen molar-refractivity contribution in [1.29, 1.82) is 0 Å². The molecule has 7 nitrogen and oxygen atoms in total. The molecule has 1 atom stereocenters. The van der Waals surface area contributed by atoms with Crippen molar-refractivity contribution in [3.8, 4) is 16.5 Å². The van der Waals surface area contributed by atoms with Crippen LogP contribution in [0.1, 0.15) is 74.1 Å². The number of rotatable bonds is 8. The molecule has 2 aromatic heterocycles. The molecule has 3 aromatic rings. The molecule has 1 aliphatic carbocycles. The lowest BCUT2D eigenvalue weighted by molar-refractivity contribution is -0.152. The Morgan fingerprint density at radius 1 is 1.00 bits per heavy atom. The summed E-state index contributed by atoms with van der Waals surface area (Å²) in [6.07, 6.45) is 4.88. The molecule has 0 spiro atoms. The third kappa shape index (κ3) is 11.0. The summed E-state index contributed by atoms with van der Waals surface area (Å²) in [5.41, 5.74) is 2.72. The molecule has 9 heteroatoms. The van der Waals surface area contributed by atoms with E-state index in [0.29, 0.717) is 12.5 Å². The number of carbonyl (C=O) groups is 1. The van der Waals surface area contributed by atoms with Crippen LogP contribution >= 0.6 is 18.7 Å². The van der Waals surface area contributed by atoms with Crippen molar-refractivity contribution in [2.45, 2.75) is 92.0 Å². The standard InChI is InChI=1S/C15H14N2OS.C9H16O2.C6H15O2P/c1-10(2)18-15-14(13-8-5-9-19-13)16-11-6-3-4-7-12(11)17-15;1-7(2)9(10)11-8-5-3-4-6-8;1-5-8-9(4,7)6(2)3/h3-10H,1-2H3;7-8H,3-6H2,1-2H3;6H,5H2,1-4H3. The largest absolute Gasteiger partial charge is 0.473 e. The van der Waals surface area contributed by atoms with Gasteiger partial charge in [0.2, 0.25) is 13.2 Å². The lowest BCUT2D eigenvalue weighted by Gasteiger charge is -2.15. The highest BCUT2D eigenvalue weighted by molar-refractivity contribution is 7.58. The van der Waals surface area contributed by atoms with E-state index in [-0.39, 0.29) is 29.8 Å². The van der Waals surface area contributed by atoms with Crippen LogP contribution in [0.25, 0.3) is 21.6 Å². The Bertz CT molecular complexity index is 1190. The van der Waals surface area contributed by atoms with Crippen LogP contribution in [-0.4, -0.2) is 47.1 Å². The number of fused-ring (bicyclic) bond motifs is 1. The molecule has 1 unspecified atom stereocenters. The van der Waals surface area contributed by atoms with E-state index in [1.165, 1.54) is 12.8 Å². The van der Waals surface area contributed by atoms with Crippen LogP contribution < -0.4 is 4.74 Å². The summed E-state index contributed by atoms with van der Waals surface area (Å²) >= 11 is 1.64. The van der Waals surface area contributed by atoms with Gasteiger partial charge < -0.3 is 14.0 Å². The van der Waals surface area contributed by atoms with Gasteiger partial charge in [-0.25, -0.2) is 9.97 Å². The number of hydrogen-bond donors (Lipinski definition) is 0. The van der Waals surface area contributed by atoms with Crippen LogP contribution in [0.2, 0.25) is 0 Å². The average Bonchev–Trinajstić information content (AvgIpc) is 3.59. The summed E-state index contributed by atoms with van der Waals surface area (Å²) in [4.78, 5) is 21.4. The molecule has 39 heavy (non-hydrogen) atoms. The van der Waals surface area contributed by atoms with E-state index >= 15 is 0 Å². The van der Waals surface area contributed by atoms with Gasteiger partial charge in [-0.15, -0.1) is 11.3 Å². The first-order chi connectivity index (χ1) is 18.4. The molecular weight excluding hydrogens is 531 g/mol. The minimum absolute atomic E-state index is 0.0237. The predicted molar refractivity (Wildman–Crippen MR) is 162 cm³/mol. The Kier molecular flexibility index (Phi) is 13.6. The second-order valence-electron chi connectivity index (χ2n) is 10.4. The first-order valence-electron chi connectivity index (χ1n) is 13.8. The molecule has 1 aromatic carbocycles. The minimum atomic E-state index is -2.26. The Morgan fingerprint density at radius 2 is 1.62 bits per heavy atom. The van der Waals surface area contributed by atoms with E-state index in [2.05, 4.69) is 4.98 Å². The zero-order valence-corrected chi connectivity index (χ0v) is 26.4. The van der Waals surface area contributed by atoms with Gasteiger partial charge in [-0.2, -0.15) is 0 Å². The van der Waals surface area contributed by atoms with Crippen LogP contribution in [0.4, 0.5) is 0 Å². The highest BCUT2D eigenvalue weighted by atomic mass is 32.1. The van der Waals surface area contributed by atoms with Crippen molar-refractivity contribution < 1.29 is 23.4 Å². The molecular formula is C30H45N2O5PS. The molecule has 0 aliphatic heterocycles. The fourth-order valence-corrected chi connectivity index (χ4v) is 5.09. The molecule has 4 rings (SSSR count). The molecule has 0 radical (unpaired) electrons. The maximum absolute atomic E-state index is 11.3. The number of carbonyl (C=O) groups excluding carboxylic acids is 1. The predicted octanol–water partition coefficient (Wildman–Crippen LogP) is 8.61. The van der Waals surface area contributed by atoms with Crippen molar-refractivity contribution in [2.24, 2.45) is 5.92 Å². The first kappa shape index (κ1) is 32.9. The Hall–Kier alpha value is -2.28. The first-order valence-corrected chi connectivity index (χ1v) is 16.9. The summed E-state index contributed by atoms with van der Waals surface area (Å²) < 4.78 is 27.4. The summed E-state index contributed by atoms with van der Waals surface area (Å²) in [6, 6.07) is 11.9. The van der Waals surface area contributed by atoms with E-state index < -0.39 is 7.37 Å². The van der Waals surface area contributed by atoms with Gasteiger partial charge in [0, 0.05) is 12.3 Å². The van der Waals surface area contributed by atoms with Crippen molar-refractivity contribution in [1.82, 2.24) is 9.97 Å². The van der Waals surface area contributed by atoms with Crippen LogP contribution in [0.5, 0.6) is 5.88 Å². The zero-order chi connectivity index (χ0) is 29.0. The van der Waals surface area contributed by atoms with Gasteiger partial charge in [-0.05, 0) is 70.0 Å². The topological polar surface area (TPSA) is 87.6 Å². The SMILES string of the molecule is CC(C)C(=O)OC1CCCC1.CC(C)Oc1nc2ccccc2nc1-c1cccs1.CCOP(C)(=O)C(C)C. The molecule has 1 saturated carbocycles. The maximum Gasteiger partial charge on any atom is 0.308 e.